The molecule has 24 heavy (non-hydrogen) atoms. The molecule has 1 aromatic carbocycles. The quantitative estimate of drug-likeness (QED) is 0.625. The highest BCUT2D eigenvalue weighted by molar-refractivity contribution is 6.33. The van der Waals surface area contributed by atoms with Crippen LogP contribution in [0.3, 0.4) is 0 Å². The number of rotatable bonds is 3. The van der Waals surface area contributed by atoms with Gasteiger partial charge in [-0.1, -0.05) is 11.6 Å². The molecule has 1 aliphatic rings. The molecule has 0 saturated carbocycles. The number of nitro groups is 1. The van der Waals surface area contributed by atoms with Crippen LogP contribution in [0.2, 0.25) is 5.02 Å². The molecule has 1 aromatic heterocycles. The number of hydrogen-bond donors (Lipinski definition) is 0. The number of carbonyl (C=O) groups excluding carboxylic acids is 1. The Labute approximate surface area is 142 Å². The Balaban J connectivity index is 1.83. The van der Waals surface area contributed by atoms with Crippen molar-refractivity contribution >= 4 is 23.2 Å². The van der Waals surface area contributed by atoms with E-state index in [-0.39, 0.29) is 28.5 Å². The van der Waals surface area contributed by atoms with Crippen molar-refractivity contribution in [3.8, 4) is 11.3 Å². The zero-order valence-corrected chi connectivity index (χ0v) is 13.7. The first-order valence-corrected chi connectivity index (χ1v) is 7.78. The largest absolute Gasteiger partial charge is 0.451 e. The highest BCUT2D eigenvalue weighted by Gasteiger charge is 2.25. The van der Waals surface area contributed by atoms with Crippen molar-refractivity contribution in [2.24, 2.45) is 0 Å². The summed E-state index contributed by atoms with van der Waals surface area (Å²) >= 11 is 6.09. The maximum absolute atomic E-state index is 12.5. The van der Waals surface area contributed by atoms with Gasteiger partial charge in [0, 0.05) is 30.8 Å². The third-order valence-corrected chi connectivity index (χ3v) is 4.09. The average molecular weight is 351 g/mol. The highest BCUT2D eigenvalue weighted by atomic mass is 35.5. The van der Waals surface area contributed by atoms with Crippen LogP contribution in [0, 0.1) is 10.1 Å². The Kier molecular flexibility index (Phi) is 4.55. The lowest BCUT2D eigenvalue weighted by atomic mass is 10.1. The number of benzene rings is 1. The van der Waals surface area contributed by atoms with Crippen LogP contribution in [-0.4, -0.2) is 41.5 Å². The number of non-ortho nitro benzene ring substituents is 1. The van der Waals surface area contributed by atoms with E-state index >= 15 is 0 Å². The summed E-state index contributed by atoms with van der Waals surface area (Å²) in [7, 11) is 0. The smallest absolute Gasteiger partial charge is 0.289 e. The van der Waals surface area contributed by atoms with E-state index in [4.69, 9.17) is 20.8 Å². The van der Waals surface area contributed by atoms with Crippen LogP contribution in [0.25, 0.3) is 11.3 Å². The van der Waals surface area contributed by atoms with Crippen molar-refractivity contribution in [1.29, 1.82) is 0 Å². The van der Waals surface area contributed by atoms with Gasteiger partial charge in [0.2, 0.25) is 0 Å². The van der Waals surface area contributed by atoms with Crippen LogP contribution in [0.5, 0.6) is 0 Å². The topological polar surface area (TPSA) is 85.8 Å². The maximum atomic E-state index is 12.5. The fraction of sp³-hybridized carbons (Fsp3) is 0.312. The summed E-state index contributed by atoms with van der Waals surface area (Å²) in [6, 6.07) is 7.31. The molecule has 7 nitrogen and oxygen atoms in total. The normalized spacial score (nSPS) is 17.8. The van der Waals surface area contributed by atoms with Gasteiger partial charge in [0.15, 0.2) is 5.76 Å². The summed E-state index contributed by atoms with van der Waals surface area (Å²) in [4.78, 5) is 24.4. The molecular weight excluding hydrogens is 336 g/mol. The van der Waals surface area contributed by atoms with Crippen molar-refractivity contribution in [3.05, 3.63) is 51.2 Å². The van der Waals surface area contributed by atoms with Crippen LogP contribution < -0.4 is 0 Å². The van der Waals surface area contributed by atoms with Gasteiger partial charge in [0.05, 0.1) is 22.7 Å². The van der Waals surface area contributed by atoms with Crippen molar-refractivity contribution < 1.29 is 18.9 Å². The zero-order valence-electron chi connectivity index (χ0n) is 12.9. The van der Waals surface area contributed by atoms with Crippen LogP contribution in [0.1, 0.15) is 17.5 Å². The molecule has 126 valence electrons. The summed E-state index contributed by atoms with van der Waals surface area (Å²) in [5.41, 5.74) is 0.394. The number of amides is 1. The molecule has 1 saturated heterocycles. The van der Waals surface area contributed by atoms with E-state index < -0.39 is 4.92 Å². The maximum Gasteiger partial charge on any atom is 0.289 e. The van der Waals surface area contributed by atoms with Gasteiger partial charge < -0.3 is 14.1 Å². The van der Waals surface area contributed by atoms with E-state index in [9.17, 15) is 14.9 Å². The van der Waals surface area contributed by atoms with Gasteiger partial charge in [-0.25, -0.2) is 0 Å². The average Bonchev–Trinajstić information content (AvgIpc) is 3.03. The van der Waals surface area contributed by atoms with Crippen LogP contribution >= 0.6 is 11.6 Å². The molecule has 2 heterocycles. The van der Waals surface area contributed by atoms with Gasteiger partial charge in [-0.15, -0.1) is 0 Å². The number of ether oxygens (including phenoxy) is 1. The molecule has 0 spiro atoms. The Morgan fingerprint density at radius 3 is 2.83 bits per heavy atom. The van der Waals surface area contributed by atoms with E-state index in [0.717, 1.165) is 0 Å². The summed E-state index contributed by atoms with van der Waals surface area (Å²) < 4.78 is 11.0. The molecule has 1 atom stereocenters. The molecule has 3 rings (SSSR count). The number of morpholine rings is 1. The van der Waals surface area contributed by atoms with Crippen molar-refractivity contribution in [2.45, 2.75) is 13.0 Å². The molecule has 0 aliphatic carbocycles. The number of nitrogens with zero attached hydrogens (tertiary/aromatic N) is 2. The molecule has 0 N–H and O–H groups in total. The number of carbonyl (C=O) groups is 1. The summed E-state index contributed by atoms with van der Waals surface area (Å²) in [5, 5.41) is 11.0. The third-order valence-electron chi connectivity index (χ3n) is 3.77. The molecule has 1 amide bonds. The molecule has 2 aromatic rings. The predicted octanol–water partition coefficient (Wildman–Crippen LogP) is 3.37. The van der Waals surface area contributed by atoms with Crippen molar-refractivity contribution in [3.63, 3.8) is 0 Å². The Morgan fingerprint density at radius 2 is 2.17 bits per heavy atom. The number of furan rings is 1. The summed E-state index contributed by atoms with van der Waals surface area (Å²) in [6.07, 6.45) is -0.0127. The van der Waals surface area contributed by atoms with Gasteiger partial charge in [-0.3, -0.25) is 14.9 Å². The monoisotopic (exact) mass is 350 g/mol. The SMILES string of the molecule is CC1CN(C(=O)c2ccc(-c3ccc([N+](=O)[O-])cc3Cl)o2)CCO1. The van der Waals surface area contributed by atoms with E-state index in [0.29, 0.717) is 31.0 Å². The molecule has 0 radical (unpaired) electrons. The zero-order chi connectivity index (χ0) is 17.3. The van der Waals surface area contributed by atoms with Crippen LogP contribution in [-0.2, 0) is 4.74 Å². The molecule has 1 fully saturated rings. The van der Waals surface area contributed by atoms with Crippen LogP contribution in [0.15, 0.2) is 34.7 Å². The molecule has 1 aliphatic heterocycles. The van der Waals surface area contributed by atoms with E-state index in [1.54, 1.807) is 17.0 Å². The van der Waals surface area contributed by atoms with E-state index in [1.165, 1.54) is 18.2 Å². The molecular formula is C16H15ClN2O5. The van der Waals surface area contributed by atoms with Crippen molar-refractivity contribution in [1.82, 2.24) is 4.90 Å². The van der Waals surface area contributed by atoms with Gasteiger partial charge in [0.25, 0.3) is 11.6 Å². The predicted molar refractivity (Wildman–Crippen MR) is 87.1 cm³/mol. The molecule has 8 heteroatoms. The fourth-order valence-electron chi connectivity index (χ4n) is 2.57. The van der Waals surface area contributed by atoms with Gasteiger partial charge in [-0.05, 0) is 25.1 Å². The Morgan fingerprint density at radius 1 is 1.38 bits per heavy atom. The first-order valence-electron chi connectivity index (χ1n) is 7.40. The highest BCUT2D eigenvalue weighted by Crippen LogP contribution is 2.32. The van der Waals surface area contributed by atoms with E-state index in [2.05, 4.69) is 0 Å². The number of halogens is 1. The minimum absolute atomic E-state index is 0.0127. The van der Waals surface area contributed by atoms with Crippen LogP contribution in [0.4, 0.5) is 5.69 Å². The summed E-state index contributed by atoms with van der Waals surface area (Å²) in [6.45, 7) is 3.42. The second-order valence-electron chi connectivity index (χ2n) is 5.52. The number of nitro benzene ring substituents is 1. The lowest BCUT2D eigenvalue weighted by Crippen LogP contribution is -2.44. The minimum atomic E-state index is -0.521. The van der Waals surface area contributed by atoms with Gasteiger partial charge >= 0.3 is 0 Å². The second-order valence-corrected chi connectivity index (χ2v) is 5.92. The molecule has 1 unspecified atom stereocenters. The molecule has 0 bridgehead atoms. The third kappa shape index (κ3) is 3.27. The second kappa shape index (κ2) is 6.62. The van der Waals surface area contributed by atoms with Crippen molar-refractivity contribution in [2.75, 3.05) is 19.7 Å². The first-order chi connectivity index (χ1) is 11.5. The standard InChI is InChI=1S/C16H15ClN2O5/c1-10-9-18(6-7-23-10)16(20)15-5-4-14(24-15)12-3-2-11(19(21)22)8-13(12)17/h2-5,8,10H,6-7,9H2,1H3. The Bertz CT molecular complexity index is 789. The van der Waals surface area contributed by atoms with Gasteiger partial charge in [0.1, 0.15) is 5.76 Å². The minimum Gasteiger partial charge on any atom is -0.451 e. The number of hydrogen-bond acceptors (Lipinski definition) is 5. The lowest BCUT2D eigenvalue weighted by molar-refractivity contribution is -0.384. The van der Waals surface area contributed by atoms with Gasteiger partial charge in [-0.2, -0.15) is 0 Å². The first kappa shape index (κ1) is 16.5. The fourth-order valence-corrected chi connectivity index (χ4v) is 2.84. The summed E-state index contributed by atoms with van der Waals surface area (Å²) in [5.74, 6) is 0.377. The lowest BCUT2D eigenvalue weighted by Gasteiger charge is -2.30. The van der Waals surface area contributed by atoms with E-state index in [1.807, 2.05) is 6.92 Å². The Hall–Kier alpha value is -2.38.